The number of aromatic nitrogens is 3. The van der Waals surface area contributed by atoms with Crippen molar-refractivity contribution in [3.63, 3.8) is 0 Å². The Hall–Kier alpha value is -2.95. The number of hydrogen-bond acceptors (Lipinski definition) is 3. The van der Waals surface area contributed by atoms with Gasteiger partial charge < -0.3 is 5.32 Å². The fourth-order valence-electron chi connectivity index (χ4n) is 2.74. The highest BCUT2D eigenvalue weighted by atomic mass is 16.1. The molecule has 0 atom stereocenters. The van der Waals surface area contributed by atoms with Crippen LogP contribution in [0.1, 0.15) is 24.5 Å². The van der Waals surface area contributed by atoms with Gasteiger partial charge in [-0.05, 0) is 30.0 Å². The second-order valence-electron chi connectivity index (χ2n) is 5.90. The maximum Gasteiger partial charge on any atom is 0.220 e. The van der Waals surface area contributed by atoms with E-state index < -0.39 is 0 Å². The van der Waals surface area contributed by atoms with Crippen LogP contribution >= 0.6 is 0 Å². The number of para-hydroxylation sites is 1. The number of carbonyl (C=O) groups excluding carboxylic acids is 1. The number of aryl methyl sites for hydroxylation is 2. The molecule has 0 aliphatic rings. The van der Waals surface area contributed by atoms with Gasteiger partial charge in [-0.15, -0.1) is 5.10 Å². The van der Waals surface area contributed by atoms with Crippen molar-refractivity contribution in [3.05, 3.63) is 65.9 Å². The zero-order valence-electron chi connectivity index (χ0n) is 14.6. The largest absolute Gasteiger partial charge is 0.359 e. The van der Waals surface area contributed by atoms with Crippen LogP contribution in [0, 0.1) is 0 Å². The number of hydrogen-bond donors (Lipinski definition) is 1. The summed E-state index contributed by atoms with van der Waals surface area (Å²) in [5.41, 5.74) is 5.21. The molecule has 0 aliphatic carbocycles. The van der Waals surface area contributed by atoms with Crippen LogP contribution in [-0.4, -0.2) is 27.9 Å². The Morgan fingerprint density at radius 1 is 1.12 bits per heavy atom. The lowest BCUT2D eigenvalue weighted by Crippen LogP contribution is -2.18. The molecule has 0 saturated heterocycles. The number of amides is 1. The summed E-state index contributed by atoms with van der Waals surface area (Å²) in [7, 11) is 1.65. The Bertz CT molecular complexity index is 852. The third kappa shape index (κ3) is 3.94. The molecular weight excluding hydrogens is 312 g/mol. The predicted octanol–water partition coefficient (Wildman–Crippen LogP) is 3.18. The predicted molar refractivity (Wildman–Crippen MR) is 98.6 cm³/mol. The van der Waals surface area contributed by atoms with Crippen molar-refractivity contribution < 1.29 is 4.79 Å². The normalized spacial score (nSPS) is 10.6. The van der Waals surface area contributed by atoms with E-state index in [1.165, 1.54) is 5.56 Å². The fourth-order valence-corrected chi connectivity index (χ4v) is 2.74. The van der Waals surface area contributed by atoms with Gasteiger partial charge in [-0.25, -0.2) is 4.68 Å². The van der Waals surface area contributed by atoms with Crippen LogP contribution in [0.2, 0.25) is 0 Å². The minimum Gasteiger partial charge on any atom is -0.359 e. The molecule has 2 aromatic carbocycles. The fraction of sp³-hybridized carbons (Fsp3) is 0.250. The Morgan fingerprint density at radius 2 is 1.88 bits per heavy atom. The number of rotatable bonds is 6. The second kappa shape index (κ2) is 7.75. The van der Waals surface area contributed by atoms with Gasteiger partial charge in [0.25, 0.3) is 0 Å². The molecular formula is C20H22N4O. The van der Waals surface area contributed by atoms with Gasteiger partial charge in [-0.1, -0.05) is 54.6 Å². The summed E-state index contributed by atoms with van der Waals surface area (Å²) in [5, 5.41) is 11.2. The van der Waals surface area contributed by atoms with Gasteiger partial charge in [0.1, 0.15) is 5.69 Å². The first kappa shape index (κ1) is 16.9. The Morgan fingerprint density at radius 3 is 2.60 bits per heavy atom. The summed E-state index contributed by atoms with van der Waals surface area (Å²) in [6.07, 6.45) is 4.06. The standard InChI is InChI=1S/C20H22N4O/c1-3-15-8-10-16(11-9-15)18-14-24(23-22-18)19-7-5-4-6-17(19)12-13-20(25)21-2/h4-11,14H,3,12-13H2,1-2H3,(H,21,25). The second-order valence-corrected chi connectivity index (χ2v) is 5.90. The van der Waals surface area contributed by atoms with E-state index in [2.05, 4.69) is 46.8 Å². The van der Waals surface area contributed by atoms with Crippen molar-refractivity contribution in [1.29, 1.82) is 0 Å². The van der Waals surface area contributed by atoms with Crippen LogP contribution in [0.15, 0.2) is 54.7 Å². The molecule has 1 N–H and O–H groups in total. The Kier molecular flexibility index (Phi) is 5.23. The Labute approximate surface area is 147 Å². The van der Waals surface area contributed by atoms with Crippen LogP contribution in [0.3, 0.4) is 0 Å². The molecule has 5 nitrogen and oxygen atoms in total. The molecule has 0 aliphatic heterocycles. The average molecular weight is 334 g/mol. The van der Waals surface area contributed by atoms with Crippen molar-refractivity contribution in [2.24, 2.45) is 0 Å². The Balaban J connectivity index is 1.85. The summed E-state index contributed by atoms with van der Waals surface area (Å²) in [6, 6.07) is 16.3. The van der Waals surface area contributed by atoms with Crippen LogP contribution < -0.4 is 5.32 Å². The van der Waals surface area contributed by atoms with Crippen LogP contribution in [0.25, 0.3) is 16.9 Å². The molecule has 0 radical (unpaired) electrons. The minimum atomic E-state index is 0.0325. The average Bonchev–Trinajstić information content (AvgIpc) is 3.16. The molecule has 128 valence electrons. The van der Waals surface area contributed by atoms with Gasteiger partial charge in [-0.2, -0.15) is 0 Å². The number of benzene rings is 2. The zero-order valence-corrected chi connectivity index (χ0v) is 14.6. The van der Waals surface area contributed by atoms with Crippen LogP contribution in [0.4, 0.5) is 0 Å². The topological polar surface area (TPSA) is 59.8 Å². The maximum atomic E-state index is 11.5. The van der Waals surface area contributed by atoms with E-state index in [1.807, 2.05) is 30.5 Å². The SMILES string of the molecule is CCc1ccc(-c2cn(-c3ccccc3CCC(=O)NC)nn2)cc1. The molecule has 1 amide bonds. The number of nitrogens with one attached hydrogen (secondary N) is 1. The van der Waals surface area contributed by atoms with Gasteiger partial charge in [0.2, 0.25) is 5.91 Å². The van der Waals surface area contributed by atoms with E-state index in [-0.39, 0.29) is 5.91 Å². The van der Waals surface area contributed by atoms with Crippen molar-refractivity contribution in [1.82, 2.24) is 20.3 Å². The number of carbonyl (C=O) groups is 1. The molecule has 5 heteroatoms. The molecule has 3 aromatic rings. The highest BCUT2D eigenvalue weighted by Crippen LogP contribution is 2.21. The monoisotopic (exact) mass is 334 g/mol. The van der Waals surface area contributed by atoms with E-state index in [1.54, 1.807) is 11.7 Å². The maximum absolute atomic E-state index is 11.5. The van der Waals surface area contributed by atoms with Gasteiger partial charge in [0.05, 0.1) is 11.9 Å². The lowest BCUT2D eigenvalue weighted by molar-refractivity contribution is -0.120. The van der Waals surface area contributed by atoms with Crippen molar-refractivity contribution in [3.8, 4) is 16.9 Å². The molecule has 1 heterocycles. The highest BCUT2D eigenvalue weighted by molar-refractivity contribution is 5.76. The van der Waals surface area contributed by atoms with E-state index >= 15 is 0 Å². The molecule has 25 heavy (non-hydrogen) atoms. The first-order chi connectivity index (χ1) is 12.2. The van der Waals surface area contributed by atoms with Crippen LogP contribution in [-0.2, 0) is 17.6 Å². The van der Waals surface area contributed by atoms with Crippen molar-refractivity contribution in [2.75, 3.05) is 7.05 Å². The van der Waals surface area contributed by atoms with Crippen molar-refractivity contribution in [2.45, 2.75) is 26.2 Å². The van der Waals surface area contributed by atoms with E-state index in [9.17, 15) is 4.79 Å². The summed E-state index contributed by atoms with van der Waals surface area (Å²) >= 11 is 0. The molecule has 1 aromatic heterocycles. The molecule has 3 rings (SSSR count). The molecule has 0 unspecified atom stereocenters. The summed E-state index contributed by atoms with van der Waals surface area (Å²) in [6.45, 7) is 2.14. The summed E-state index contributed by atoms with van der Waals surface area (Å²) < 4.78 is 1.78. The van der Waals surface area contributed by atoms with E-state index in [4.69, 9.17) is 0 Å². The van der Waals surface area contributed by atoms with Gasteiger partial charge >= 0.3 is 0 Å². The van der Waals surface area contributed by atoms with Crippen LogP contribution in [0.5, 0.6) is 0 Å². The van der Waals surface area contributed by atoms with Crippen molar-refractivity contribution >= 4 is 5.91 Å². The van der Waals surface area contributed by atoms with Gasteiger partial charge in [0.15, 0.2) is 0 Å². The molecule has 0 fully saturated rings. The lowest BCUT2D eigenvalue weighted by Gasteiger charge is -2.08. The van der Waals surface area contributed by atoms with Gasteiger partial charge in [-0.3, -0.25) is 4.79 Å². The van der Waals surface area contributed by atoms with E-state index in [0.717, 1.165) is 28.9 Å². The quantitative estimate of drug-likeness (QED) is 0.753. The molecule has 0 spiro atoms. The highest BCUT2D eigenvalue weighted by Gasteiger charge is 2.10. The number of nitrogens with zero attached hydrogens (tertiary/aromatic N) is 3. The third-order valence-corrected chi connectivity index (χ3v) is 4.29. The zero-order chi connectivity index (χ0) is 17.6. The van der Waals surface area contributed by atoms with Gasteiger partial charge in [0, 0.05) is 19.0 Å². The lowest BCUT2D eigenvalue weighted by atomic mass is 10.1. The smallest absolute Gasteiger partial charge is 0.220 e. The van der Waals surface area contributed by atoms with E-state index in [0.29, 0.717) is 12.8 Å². The first-order valence-electron chi connectivity index (χ1n) is 8.51. The first-order valence-corrected chi connectivity index (χ1v) is 8.51. The summed E-state index contributed by atoms with van der Waals surface area (Å²) in [4.78, 5) is 11.5. The summed E-state index contributed by atoms with van der Waals surface area (Å²) in [5.74, 6) is 0.0325. The minimum absolute atomic E-state index is 0.0325. The third-order valence-electron chi connectivity index (χ3n) is 4.29. The molecule has 0 bridgehead atoms. The molecule has 0 saturated carbocycles.